The molecule has 0 aliphatic rings. The van der Waals surface area contributed by atoms with Crippen molar-refractivity contribution in [3.05, 3.63) is 29.3 Å². The van der Waals surface area contributed by atoms with Crippen molar-refractivity contribution in [3.63, 3.8) is 0 Å². The number of rotatable bonds is 3. The van der Waals surface area contributed by atoms with Crippen LogP contribution in [0.2, 0.25) is 0 Å². The summed E-state index contributed by atoms with van der Waals surface area (Å²) in [6.07, 6.45) is 0.0731. The quantitative estimate of drug-likeness (QED) is 0.746. The SMILES string of the molecule is Cc1cccc(CC#N)c1OC(F)F. The maximum Gasteiger partial charge on any atom is 0.387 e. The number of alkyl halides is 2. The number of hydrogen-bond donors (Lipinski definition) is 0. The van der Waals surface area contributed by atoms with E-state index >= 15 is 0 Å². The zero-order valence-corrected chi connectivity index (χ0v) is 7.63. The van der Waals surface area contributed by atoms with Crippen LogP contribution in [0.1, 0.15) is 11.1 Å². The molecule has 0 spiro atoms. The molecule has 4 heteroatoms. The zero-order chi connectivity index (χ0) is 10.6. The van der Waals surface area contributed by atoms with Gasteiger partial charge in [-0.15, -0.1) is 0 Å². The highest BCUT2D eigenvalue weighted by Gasteiger charge is 2.11. The summed E-state index contributed by atoms with van der Waals surface area (Å²) in [5, 5.41) is 8.48. The average molecular weight is 197 g/mol. The molecule has 0 saturated carbocycles. The summed E-state index contributed by atoms with van der Waals surface area (Å²) >= 11 is 0. The van der Waals surface area contributed by atoms with E-state index in [4.69, 9.17) is 5.26 Å². The monoisotopic (exact) mass is 197 g/mol. The summed E-state index contributed by atoms with van der Waals surface area (Å²) in [5.41, 5.74) is 1.10. The Labute approximate surface area is 80.7 Å². The fourth-order valence-corrected chi connectivity index (χ4v) is 1.20. The molecule has 0 fully saturated rings. The van der Waals surface area contributed by atoms with Crippen molar-refractivity contribution in [2.45, 2.75) is 20.0 Å². The van der Waals surface area contributed by atoms with Gasteiger partial charge in [0.2, 0.25) is 0 Å². The van der Waals surface area contributed by atoms with Crippen molar-refractivity contribution in [2.75, 3.05) is 0 Å². The first-order valence-corrected chi connectivity index (χ1v) is 4.05. The van der Waals surface area contributed by atoms with Gasteiger partial charge in [-0.3, -0.25) is 0 Å². The minimum absolute atomic E-state index is 0.0731. The largest absolute Gasteiger partial charge is 0.434 e. The summed E-state index contributed by atoms with van der Waals surface area (Å²) in [7, 11) is 0. The highest BCUT2D eigenvalue weighted by atomic mass is 19.3. The second kappa shape index (κ2) is 4.56. The third-order valence-electron chi connectivity index (χ3n) is 1.77. The number of para-hydroxylation sites is 1. The van der Waals surface area contributed by atoms with Crippen LogP contribution in [-0.2, 0) is 6.42 Å². The highest BCUT2D eigenvalue weighted by Crippen LogP contribution is 2.25. The lowest BCUT2D eigenvalue weighted by atomic mass is 10.1. The molecule has 1 aromatic carbocycles. The molecule has 0 aliphatic carbocycles. The standard InChI is InChI=1S/C10H9F2NO/c1-7-3-2-4-8(5-6-13)9(7)14-10(11)12/h2-4,10H,5H2,1H3. The minimum atomic E-state index is -2.85. The summed E-state index contributed by atoms with van der Waals surface area (Å²) < 4.78 is 28.4. The molecule has 0 radical (unpaired) electrons. The minimum Gasteiger partial charge on any atom is -0.434 e. The van der Waals surface area contributed by atoms with Gasteiger partial charge in [0.25, 0.3) is 0 Å². The lowest BCUT2D eigenvalue weighted by Gasteiger charge is -2.10. The number of benzene rings is 1. The van der Waals surface area contributed by atoms with Crippen molar-refractivity contribution in [1.29, 1.82) is 5.26 Å². The lowest BCUT2D eigenvalue weighted by molar-refractivity contribution is -0.0508. The molecule has 0 unspecified atom stereocenters. The first kappa shape index (κ1) is 10.5. The van der Waals surface area contributed by atoms with Gasteiger partial charge < -0.3 is 4.74 Å². The topological polar surface area (TPSA) is 33.0 Å². The Morgan fingerprint density at radius 3 is 2.79 bits per heavy atom. The molecule has 2 nitrogen and oxygen atoms in total. The van der Waals surface area contributed by atoms with Crippen LogP contribution >= 0.6 is 0 Å². The van der Waals surface area contributed by atoms with Gasteiger partial charge in [0, 0.05) is 5.56 Å². The van der Waals surface area contributed by atoms with Crippen LogP contribution in [0.4, 0.5) is 8.78 Å². The van der Waals surface area contributed by atoms with Crippen LogP contribution in [0.3, 0.4) is 0 Å². The van der Waals surface area contributed by atoms with Crippen molar-refractivity contribution in [2.24, 2.45) is 0 Å². The van der Waals surface area contributed by atoms with Gasteiger partial charge in [0.05, 0.1) is 12.5 Å². The van der Waals surface area contributed by atoms with Gasteiger partial charge in [0.1, 0.15) is 5.75 Å². The van der Waals surface area contributed by atoms with Crippen molar-refractivity contribution in [1.82, 2.24) is 0 Å². The molecular weight excluding hydrogens is 188 g/mol. The van der Waals surface area contributed by atoms with Crippen LogP contribution in [0.25, 0.3) is 0 Å². The summed E-state index contributed by atoms with van der Waals surface area (Å²) in [6, 6.07) is 6.88. The highest BCUT2D eigenvalue weighted by molar-refractivity contribution is 5.42. The van der Waals surface area contributed by atoms with Gasteiger partial charge in [0.15, 0.2) is 0 Å². The van der Waals surface area contributed by atoms with Crippen molar-refractivity contribution in [3.8, 4) is 11.8 Å². The normalized spacial score (nSPS) is 9.93. The molecule has 0 atom stereocenters. The molecule has 74 valence electrons. The Hall–Kier alpha value is -1.63. The first-order chi connectivity index (χ1) is 6.65. The van der Waals surface area contributed by atoms with Gasteiger partial charge in [-0.05, 0) is 12.5 Å². The molecule has 0 N–H and O–H groups in total. The molecule has 0 heterocycles. The Morgan fingerprint density at radius 2 is 2.21 bits per heavy atom. The smallest absolute Gasteiger partial charge is 0.387 e. The van der Waals surface area contributed by atoms with E-state index in [2.05, 4.69) is 4.74 Å². The lowest BCUT2D eigenvalue weighted by Crippen LogP contribution is -2.05. The van der Waals surface area contributed by atoms with Crippen LogP contribution in [0.15, 0.2) is 18.2 Å². The Morgan fingerprint density at radius 1 is 1.50 bits per heavy atom. The molecule has 0 aromatic heterocycles. The number of ether oxygens (including phenoxy) is 1. The first-order valence-electron chi connectivity index (χ1n) is 4.05. The van der Waals surface area contributed by atoms with Gasteiger partial charge >= 0.3 is 6.61 Å². The van der Waals surface area contributed by atoms with Crippen LogP contribution in [-0.4, -0.2) is 6.61 Å². The van der Waals surface area contributed by atoms with E-state index in [0.717, 1.165) is 0 Å². The van der Waals surface area contributed by atoms with Crippen molar-refractivity contribution < 1.29 is 13.5 Å². The second-order valence-electron chi connectivity index (χ2n) is 2.78. The van der Waals surface area contributed by atoms with E-state index in [0.29, 0.717) is 11.1 Å². The van der Waals surface area contributed by atoms with E-state index in [1.54, 1.807) is 25.1 Å². The average Bonchev–Trinajstić information content (AvgIpc) is 2.11. The predicted octanol–water partition coefficient (Wildman–Crippen LogP) is 2.66. The Kier molecular flexibility index (Phi) is 3.41. The van der Waals surface area contributed by atoms with Crippen LogP contribution in [0, 0.1) is 18.3 Å². The van der Waals surface area contributed by atoms with E-state index < -0.39 is 6.61 Å². The summed E-state index contributed by atoms with van der Waals surface area (Å²) in [4.78, 5) is 0. The van der Waals surface area contributed by atoms with Gasteiger partial charge in [-0.25, -0.2) is 0 Å². The number of hydrogen-bond acceptors (Lipinski definition) is 2. The molecule has 1 rings (SSSR count). The van der Waals surface area contributed by atoms with E-state index in [1.165, 1.54) is 0 Å². The summed E-state index contributed by atoms with van der Waals surface area (Å²) in [5.74, 6) is 0.115. The van der Waals surface area contributed by atoms with Crippen LogP contribution < -0.4 is 4.74 Å². The third kappa shape index (κ3) is 2.43. The van der Waals surface area contributed by atoms with Gasteiger partial charge in [-0.2, -0.15) is 14.0 Å². The van der Waals surface area contributed by atoms with E-state index in [-0.39, 0.29) is 12.2 Å². The van der Waals surface area contributed by atoms with Crippen LogP contribution in [0.5, 0.6) is 5.75 Å². The molecule has 0 aliphatic heterocycles. The number of halogens is 2. The fraction of sp³-hybridized carbons (Fsp3) is 0.300. The molecular formula is C10H9F2NO. The molecule has 0 bridgehead atoms. The zero-order valence-electron chi connectivity index (χ0n) is 7.63. The second-order valence-corrected chi connectivity index (χ2v) is 2.78. The predicted molar refractivity (Wildman–Crippen MR) is 47.1 cm³/mol. The Bertz CT molecular complexity index is 358. The number of aryl methyl sites for hydroxylation is 1. The number of nitriles is 1. The molecule has 1 aromatic rings. The fourth-order valence-electron chi connectivity index (χ4n) is 1.20. The Balaban J connectivity index is 3.03. The van der Waals surface area contributed by atoms with Crippen molar-refractivity contribution >= 4 is 0 Å². The van der Waals surface area contributed by atoms with E-state index in [9.17, 15) is 8.78 Å². The third-order valence-corrected chi connectivity index (χ3v) is 1.77. The summed E-state index contributed by atoms with van der Waals surface area (Å²) in [6.45, 7) is -1.19. The molecule has 14 heavy (non-hydrogen) atoms. The maximum absolute atomic E-state index is 12.0. The molecule has 0 amide bonds. The van der Waals surface area contributed by atoms with E-state index in [1.807, 2.05) is 6.07 Å². The molecule has 0 saturated heterocycles. The number of nitrogens with zero attached hydrogens (tertiary/aromatic N) is 1. The van der Waals surface area contributed by atoms with Gasteiger partial charge in [-0.1, -0.05) is 18.2 Å². The maximum atomic E-state index is 12.0.